The first kappa shape index (κ1) is 18.6. The van der Waals surface area contributed by atoms with Crippen molar-refractivity contribution < 1.29 is 18.3 Å². The van der Waals surface area contributed by atoms with Crippen molar-refractivity contribution in [3.8, 4) is 5.88 Å². The Bertz CT molecular complexity index is 773. The molecule has 140 valence electrons. The lowest BCUT2D eigenvalue weighted by atomic mass is 10.2. The summed E-state index contributed by atoms with van der Waals surface area (Å²) in [5.41, 5.74) is -0.340. The summed E-state index contributed by atoms with van der Waals surface area (Å²) in [4.78, 5) is 26.0. The number of alkyl halides is 2. The van der Waals surface area contributed by atoms with Crippen molar-refractivity contribution in [3.05, 3.63) is 29.2 Å². The van der Waals surface area contributed by atoms with Crippen LogP contribution < -0.4 is 10.1 Å². The Morgan fingerprint density at radius 3 is 3.00 bits per heavy atom. The number of anilines is 1. The fraction of sp³-hybridized carbons (Fsp3) is 0.500. The van der Waals surface area contributed by atoms with Crippen molar-refractivity contribution in [2.45, 2.75) is 45.4 Å². The van der Waals surface area contributed by atoms with Crippen molar-refractivity contribution in [2.24, 2.45) is 0 Å². The van der Waals surface area contributed by atoms with Gasteiger partial charge in [-0.25, -0.2) is 23.7 Å². The molecule has 10 heteroatoms. The van der Waals surface area contributed by atoms with Crippen molar-refractivity contribution >= 4 is 22.4 Å². The van der Waals surface area contributed by atoms with E-state index in [4.69, 9.17) is 4.74 Å². The number of likely N-dealkylation sites (tertiary alicyclic amines) is 1. The van der Waals surface area contributed by atoms with Crippen LogP contribution >= 0.6 is 11.3 Å². The molecule has 1 fully saturated rings. The first-order chi connectivity index (χ1) is 12.4. The van der Waals surface area contributed by atoms with Gasteiger partial charge in [0.15, 0.2) is 5.13 Å². The van der Waals surface area contributed by atoms with Gasteiger partial charge in [0.05, 0.1) is 0 Å². The van der Waals surface area contributed by atoms with Gasteiger partial charge in [-0.15, -0.1) is 11.3 Å². The minimum Gasteiger partial charge on any atom is -0.473 e. The molecule has 7 nitrogen and oxygen atoms in total. The zero-order chi connectivity index (χ0) is 18.7. The minimum absolute atomic E-state index is 0.131. The number of rotatable bonds is 6. The molecule has 0 unspecified atom stereocenters. The lowest BCUT2D eigenvalue weighted by Crippen LogP contribution is -2.27. The first-order valence-electron chi connectivity index (χ1n) is 8.14. The number of carbonyl (C=O) groups is 1. The molecule has 1 aliphatic heterocycles. The van der Waals surface area contributed by atoms with Crippen LogP contribution in [0.3, 0.4) is 0 Å². The number of carbonyl (C=O) groups excluding carboxylic acids is 1. The van der Waals surface area contributed by atoms with Crippen molar-refractivity contribution in [2.75, 3.05) is 11.9 Å². The highest BCUT2D eigenvalue weighted by atomic mass is 32.1. The molecule has 0 saturated carbocycles. The van der Waals surface area contributed by atoms with Gasteiger partial charge < -0.3 is 10.1 Å². The largest absolute Gasteiger partial charge is 0.473 e. The highest BCUT2D eigenvalue weighted by molar-refractivity contribution is 7.15. The number of amides is 1. The van der Waals surface area contributed by atoms with Crippen LogP contribution in [0, 0.1) is 0 Å². The molecule has 0 aromatic carbocycles. The smallest absolute Gasteiger partial charge is 0.280 e. The Morgan fingerprint density at radius 1 is 1.46 bits per heavy atom. The van der Waals surface area contributed by atoms with E-state index in [0.29, 0.717) is 18.2 Å². The fourth-order valence-electron chi connectivity index (χ4n) is 2.85. The third kappa shape index (κ3) is 4.70. The summed E-state index contributed by atoms with van der Waals surface area (Å²) in [7, 11) is 0. The topological polar surface area (TPSA) is 80.2 Å². The summed E-state index contributed by atoms with van der Waals surface area (Å²) in [5.74, 6) is 0.0157. The van der Waals surface area contributed by atoms with Gasteiger partial charge in [-0.2, -0.15) is 0 Å². The van der Waals surface area contributed by atoms with Crippen molar-refractivity contribution in [1.82, 2.24) is 19.9 Å². The maximum Gasteiger partial charge on any atom is 0.280 e. The number of hydrogen-bond acceptors (Lipinski definition) is 7. The molecule has 0 spiro atoms. The molecule has 3 heterocycles. The third-order valence-electron chi connectivity index (χ3n) is 4.04. The summed E-state index contributed by atoms with van der Waals surface area (Å²) in [6.45, 7) is 4.87. The number of halogens is 2. The van der Waals surface area contributed by atoms with Crippen LogP contribution in [0.2, 0.25) is 0 Å². The minimum atomic E-state index is -2.65. The van der Waals surface area contributed by atoms with E-state index in [2.05, 4.69) is 32.1 Å². The Balaban J connectivity index is 1.58. The molecule has 26 heavy (non-hydrogen) atoms. The van der Waals surface area contributed by atoms with Crippen LogP contribution in [0.4, 0.5) is 13.9 Å². The monoisotopic (exact) mass is 383 g/mol. The summed E-state index contributed by atoms with van der Waals surface area (Å²) in [6, 6.07) is 1.45. The van der Waals surface area contributed by atoms with Gasteiger partial charge in [0.1, 0.15) is 18.1 Å². The summed E-state index contributed by atoms with van der Waals surface area (Å²) >= 11 is 1.43. The Morgan fingerprint density at radius 2 is 2.27 bits per heavy atom. The van der Waals surface area contributed by atoms with E-state index in [9.17, 15) is 13.6 Å². The van der Waals surface area contributed by atoms with Crippen LogP contribution in [0.1, 0.15) is 37.3 Å². The zero-order valence-corrected chi connectivity index (χ0v) is 15.2. The molecule has 2 aromatic rings. The number of hydrogen-bond donors (Lipinski definition) is 1. The maximum atomic E-state index is 12.7. The number of thiazole rings is 1. The SMILES string of the molecule is CC(=O)Nc1ncc(CN2C[C@H](Oc3cc(C(F)F)ncn3)C[C@@H]2C)s1. The molecule has 0 aliphatic carbocycles. The average molecular weight is 383 g/mol. The second kappa shape index (κ2) is 8.00. The Hall–Kier alpha value is -2.20. The summed E-state index contributed by atoms with van der Waals surface area (Å²) in [6.07, 6.45) is 0.826. The molecular weight excluding hydrogens is 364 g/mol. The highest BCUT2D eigenvalue weighted by Crippen LogP contribution is 2.27. The van der Waals surface area contributed by atoms with E-state index in [1.54, 1.807) is 6.20 Å². The van der Waals surface area contributed by atoms with E-state index in [1.807, 2.05) is 0 Å². The molecule has 0 radical (unpaired) electrons. The number of ether oxygens (including phenoxy) is 1. The van der Waals surface area contributed by atoms with Crippen molar-refractivity contribution in [3.63, 3.8) is 0 Å². The quantitative estimate of drug-likeness (QED) is 0.826. The number of nitrogens with one attached hydrogen (secondary N) is 1. The molecule has 2 atom stereocenters. The first-order valence-corrected chi connectivity index (χ1v) is 8.95. The standard InChI is InChI=1S/C16H19F2N5O2S/c1-9-3-11(25-14-4-13(15(17)18)20-8-21-14)6-23(9)7-12-5-19-16(26-12)22-10(2)24/h4-5,8-9,11,15H,3,6-7H2,1-2H3,(H,19,22,24)/t9-,11+/m0/s1. The van der Waals surface area contributed by atoms with E-state index in [0.717, 1.165) is 17.6 Å². The van der Waals surface area contributed by atoms with Crippen molar-refractivity contribution in [1.29, 1.82) is 0 Å². The lowest BCUT2D eigenvalue weighted by Gasteiger charge is -2.19. The molecule has 1 N–H and O–H groups in total. The molecule has 1 aliphatic rings. The Kier molecular flexibility index (Phi) is 5.72. The normalized spacial score (nSPS) is 20.5. The molecule has 0 bridgehead atoms. The predicted molar refractivity (Wildman–Crippen MR) is 92.3 cm³/mol. The van der Waals surface area contributed by atoms with E-state index < -0.39 is 6.43 Å². The van der Waals surface area contributed by atoms with Crippen LogP contribution in [0.25, 0.3) is 0 Å². The van der Waals surface area contributed by atoms with Gasteiger partial charge in [-0.1, -0.05) is 0 Å². The van der Waals surface area contributed by atoms with Crippen LogP contribution in [-0.4, -0.2) is 44.4 Å². The van der Waals surface area contributed by atoms with Gasteiger partial charge in [0, 0.05) is 49.6 Å². The second-order valence-electron chi connectivity index (χ2n) is 6.15. The van der Waals surface area contributed by atoms with Crippen LogP contribution in [0.15, 0.2) is 18.6 Å². The van der Waals surface area contributed by atoms with Gasteiger partial charge >= 0.3 is 0 Å². The van der Waals surface area contributed by atoms with E-state index >= 15 is 0 Å². The lowest BCUT2D eigenvalue weighted by molar-refractivity contribution is -0.114. The summed E-state index contributed by atoms with van der Waals surface area (Å²) in [5, 5.41) is 3.24. The highest BCUT2D eigenvalue weighted by Gasteiger charge is 2.31. The van der Waals surface area contributed by atoms with Gasteiger partial charge in [0.25, 0.3) is 6.43 Å². The molecule has 2 aromatic heterocycles. The molecule has 3 rings (SSSR count). The van der Waals surface area contributed by atoms with Crippen LogP contribution in [0.5, 0.6) is 5.88 Å². The zero-order valence-electron chi connectivity index (χ0n) is 14.4. The number of aromatic nitrogens is 3. The van der Waals surface area contributed by atoms with Crippen LogP contribution in [-0.2, 0) is 11.3 Å². The third-order valence-corrected chi connectivity index (χ3v) is 4.93. The average Bonchev–Trinajstić information content (AvgIpc) is 3.14. The van der Waals surface area contributed by atoms with Gasteiger partial charge in [-0.3, -0.25) is 9.69 Å². The Labute approximate surface area is 153 Å². The van der Waals surface area contributed by atoms with Gasteiger partial charge in [0.2, 0.25) is 11.8 Å². The molecular formula is C16H19F2N5O2S. The second-order valence-corrected chi connectivity index (χ2v) is 7.26. The van der Waals surface area contributed by atoms with Gasteiger partial charge in [-0.05, 0) is 6.92 Å². The predicted octanol–water partition coefficient (Wildman–Crippen LogP) is 2.87. The fourth-order valence-corrected chi connectivity index (χ4v) is 3.73. The number of nitrogens with zero attached hydrogens (tertiary/aromatic N) is 4. The molecule has 1 saturated heterocycles. The summed E-state index contributed by atoms with van der Waals surface area (Å²) < 4.78 is 31.2. The molecule has 1 amide bonds. The van der Waals surface area contributed by atoms with E-state index in [-0.39, 0.29) is 29.6 Å². The maximum absolute atomic E-state index is 12.7. The van der Waals surface area contributed by atoms with E-state index in [1.165, 1.54) is 24.3 Å².